The average molecular weight is 385 g/mol. The lowest BCUT2D eigenvalue weighted by Crippen LogP contribution is -1.99. The van der Waals surface area contributed by atoms with Crippen LogP contribution >= 0.6 is 46.3 Å². The van der Waals surface area contributed by atoms with E-state index in [-0.39, 0.29) is 5.75 Å². The molecule has 1 N–H and O–H groups in total. The summed E-state index contributed by atoms with van der Waals surface area (Å²) in [7, 11) is 0. The fourth-order valence-corrected chi connectivity index (χ4v) is 4.37. The number of halogens is 2. The van der Waals surface area contributed by atoms with Gasteiger partial charge in [0, 0.05) is 15.5 Å². The Morgan fingerprint density at radius 3 is 2.61 bits per heavy atom. The van der Waals surface area contributed by atoms with E-state index in [4.69, 9.17) is 28.3 Å². The average Bonchev–Trinajstić information content (AvgIpc) is 2.82. The van der Waals surface area contributed by atoms with Crippen molar-refractivity contribution in [1.29, 1.82) is 0 Å². The quantitative estimate of drug-likeness (QED) is 0.382. The van der Waals surface area contributed by atoms with Gasteiger partial charge in [-0.15, -0.1) is 11.3 Å². The van der Waals surface area contributed by atoms with Crippen LogP contribution in [-0.2, 0) is 4.79 Å². The van der Waals surface area contributed by atoms with Gasteiger partial charge in [-0.2, -0.15) is 0 Å². The van der Waals surface area contributed by atoms with Crippen LogP contribution in [0.5, 0.6) is 0 Å². The van der Waals surface area contributed by atoms with E-state index in [1.54, 1.807) is 0 Å². The highest BCUT2D eigenvalue weighted by Crippen LogP contribution is 2.41. The Balaban J connectivity index is 2.11. The molecule has 0 spiro atoms. The van der Waals surface area contributed by atoms with Gasteiger partial charge in [-0.05, 0) is 24.6 Å². The molecule has 0 unspecified atom stereocenters. The molecule has 118 valence electrons. The van der Waals surface area contributed by atoms with Gasteiger partial charge < -0.3 is 5.11 Å². The van der Waals surface area contributed by atoms with Crippen LogP contribution in [0.25, 0.3) is 21.3 Å². The summed E-state index contributed by atoms with van der Waals surface area (Å²) in [4.78, 5) is 21.1. The number of hydrogen-bond acceptors (Lipinski definition) is 5. The van der Waals surface area contributed by atoms with Gasteiger partial charge in [0.15, 0.2) is 5.16 Å². The van der Waals surface area contributed by atoms with Crippen molar-refractivity contribution in [3.05, 3.63) is 39.3 Å². The summed E-state index contributed by atoms with van der Waals surface area (Å²) >= 11 is 14.9. The first kappa shape index (κ1) is 16.5. The van der Waals surface area contributed by atoms with Gasteiger partial charge in [0.1, 0.15) is 9.98 Å². The minimum atomic E-state index is -0.918. The Bertz CT molecular complexity index is 895. The largest absolute Gasteiger partial charge is 0.481 e. The molecule has 0 amide bonds. The molecule has 0 atom stereocenters. The molecule has 0 fully saturated rings. The molecule has 0 aliphatic rings. The van der Waals surface area contributed by atoms with Crippen molar-refractivity contribution in [2.24, 2.45) is 0 Å². The van der Waals surface area contributed by atoms with Crippen LogP contribution in [0.3, 0.4) is 0 Å². The molecule has 2 heterocycles. The maximum Gasteiger partial charge on any atom is 0.313 e. The Hall–Kier alpha value is -1.34. The molecule has 2 aromatic heterocycles. The fourth-order valence-electron chi connectivity index (χ4n) is 2.21. The molecule has 1 aromatic carbocycles. The molecule has 0 saturated heterocycles. The number of fused-ring (bicyclic) bond motifs is 1. The predicted molar refractivity (Wildman–Crippen MR) is 96.0 cm³/mol. The highest BCUT2D eigenvalue weighted by atomic mass is 35.5. The monoisotopic (exact) mass is 384 g/mol. The number of carboxylic acids is 1. The topological polar surface area (TPSA) is 63.1 Å². The molecule has 0 saturated carbocycles. The summed E-state index contributed by atoms with van der Waals surface area (Å²) in [5.41, 5.74) is 1.98. The second-order valence-corrected chi connectivity index (χ2v) is 7.64. The lowest BCUT2D eigenvalue weighted by atomic mass is 10.0. The maximum atomic E-state index is 10.7. The third kappa shape index (κ3) is 3.45. The van der Waals surface area contributed by atoms with Gasteiger partial charge in [0.2, 0.25) is 0 Å². The number of rotatable bonds is 4. The molecule has 0 radical (unpaired) electrons. The van der Waals surface area contributed by atoms with E-state index in [1.165, 1.54) is 11.3 Å². The minimum absolute atomic E-state index is 0.101. The van der Waals surface area contributed by atoms with Crippen LogP contribution in [0.4, 0.5) is 0 Å². The molecule has 23 heavy (non-hydrogen) atoms. The highest BCUT2D eigenvalue weighted by molar-refractivity contribution is 7.99. The number of nitrogens with zero attached hydrogens (tertiary/aromatic N) is 2. The number of aryl methyl sites for hydroxylation is 1. The van der Waals surface area contributed by atoms with Crippen molar-refractivity contribution in [3.63, 3.8) is 0 Å². The lowest BCUT2D eigenvalue weighted by Gasteiger charge is -2.04. The third-order valence-corrected chi connectivity index (χ3v) is 5.48. The van der Waals surface area contributed by atoms with E-state index < -0.39 is 5.97 Å². The molecule has 8 heteroatoms. The normalized spacial score (nSPS) is 11.1. The van der Waals surface area contributed by atoms with Crippen LogP contribution in [0.2, 0.25) is 10.2 Å². The van der Waals surface area contributed by atoms with E-state index in [2.05, 4.69) is 9.97 Å². The van der Waals surface area contributed by atoms with Gasteiger partial charge in [0.25, 0.3) is 0 Å². The number of hydrogen-bond donors (Lipinski definition) is 1. The van der Waals surface area contributed by atoms with Crippen LogP contribution in [0.15, 0.2) is 29.4 Å². The van der Waals surface area contributed by atoms with Crippen molar-refractivity contribution < 1.29 is 9.90 Å². The molecule has 0 aliphatic carbocycles. The zero-order chi connectivity index (χ0) is 16.6. The maximum absolute atomic E-state index is 10.7. The van der Waals surface area contributed by atoms with Gasteiger partial charge in [-0.3, -0.25) is 4.79 Å². The first-order chi connectivity index (χ1) is 11.0. The first-order valence-electron chi connectivity index (χ1n) is 6.53. The second kappa shape index (κ2) is 6.65. The van der Waals surface area contributed by atoms with Gasteiger partial charge in [0.05, 0.1) is 11.1 Å². The van der Waals surface area contributed by atoms with E-state index >= 15 is 0 Å². The molecular formula is C15H10Cl2N2O2S2. The molecule has 4 nitrogen and oxygen atoms in total. The van der Waals surface area contributed by atoms with Gasteiger partial charge in [-0.25, -0.2) is 9.97 Å². The van der Waals surface area contributed by atoms with E-state index in [9.17, 15) is 4.79 Å². The van der Waals surface area contributed by atoms with E-state index in [0.29, 0.717) is 15.3 Å². The Labute approximate surface area is 150 Å². The van der Waals surface area contributed by atoms with Crippen molar-refractivity contribution in [3.8, 4) is 11.1 Å². The molecule has 0 aliphatic heterocycles. The summed E-state index contributed by atoms with van der Waals surface area (Å²) in [6.45, 7) is 2.00. The summed E-state index contributed by atoms with van der Waals surface area (Å²) in [6, 6.07) is 7.51. The number of aliphatic carboxylic acids is 1. The molecule has 0 bridgehead atoms. The molecular weight excluding hydrogens is 375 g/mol. The summed E-state index contributed by atoms with van der Waals surface area (Å²) in [5, 5.41) is 10.9. The Morgan fingerprint density at radius 2 is 1.96 bits per heavy atom. The van der Waals surface area contributed by atoms with Crippen LogP contribution in [-0.4, -0.2) is 26.8 Å². The van der Waals surface area contributed by atoms with Gasteiger partial charge >= 0.3 is 5.97 Å². The van der Waals surface area contributed by atoms with Crippen LogP contribution in [0, 0.1) is 6.92 Å². The Kier molecular flexibility index (Phi) is 4.77. The number of benzene rings is 1. The van der Waals surface area contributed by atoms with Crippen molar-refractivity contribution >= 4 is 62.5 Å². The zero-order valence-electron chi connectivity index (χ0n) is 11.8. The van der Waals surface area contributed by atoms with Gasteiger partial charge in [-0.1, -0.05) is 47.1 Å². The van der Waals surface area contributed by atoms with E-state index in [1.807, 2.05) is 31.2 Å². The predicted octanol–water partition coefficient (Wildman–Crippen LogP) is 5.15. The highest BCUT2D eigenvalue weighted by Gasteiger charge is 2.18. The first-order valence-corrected chi connectivity index (χ1v) is 9.08. The number of carbonyl (C=O) groups is 1. The standard InChI is InChI=1S/C15H10Cl2N2O2S2/c1-7-11(8-2-4-9(16)5-3-8)12-13(17)18-15(19-14(12)23-7)22-6-10(20)21/h2-5H,6H2,1H3,(H,20,21). The number of thiophene rings is 1. The Morgan fingerprint density at radius 1 is 1.26 bits per heavy atom. The SMILES string of the molecule is Cc1sc2nc(SCC(=O)O)nc(Cl)c2c1-c1ccc(Cl)cc1. The van der Waals surface area contributed by atoms with Crippen molar-refractivity contribution in [2.75, 3.05) is 5.75 Å². The second-order valence-electron chi connectivity index (χ2n) is 4.70. The summed E-state index contributed by atoms with van der Waals surface area (Å²) in [6.07, 6.45) is 0. The minimum Gasteiger partial charge on any atom is -0.481 e. The zero-order valence-corrected chi connectivity index (χ0v) is 15.0. The molecule has 3 aromatic rings. The van der Waals surface area contributed by atoms with E-state index in [0.717, 1.165) is 38.0 Å². The molecule has 3 rings (SSSR count). The number of carboxylic acid groups (broad SMARTS) is 1. The summed E-state index contributed by atoms with van der Waals surface area (Å²) in [5.74, 6) is -1.02. The number of thioether (sulfide) groups is 1. The lowest BCUT2D eigenvalue weighted by molar-refractivity contribution is -0.133. The van der Waals surface area contributed by atoms with Crippen molar-refractivity contribution in [1.82, 2.24) is 9.97 Å². The summed E-state index contributed by atoms with van der Waals surface area (Å²) < 4.78 is 0. The van der Waals surface area contributed by atoms with Crippen LogP contribution < -0.4 is 0 Å². The van der Waals surface area contributed by atoms with Crippen LogP contribution in [0.1, 0.15) is 4.88 Å². The van der Waals surface area contributed by atoms with Crippen molar-refractivity contribution in [2.45, 2.75) is 12.1 Å². The smallest absolute Gasteiger partial charge is 0.313 e. The number of aromatic nitrogens is 2. The fraction of sp³-hybridized carbons (Fsp3) is 0.133. The third-order valence-electron chi connectivity index (χ3n) is 3.12.